The maximum absolute atomic E-state index is 13.1. The van der Waals surface area contributed by atoms with Crippen molar-refractivity contribution in [3.63, 3.8) is 0 Å². The summed E-state index contributed by atoms with van der Waals surface area (Å²) in [4.78, 5) is 12.9. The number of carbonyl (C=O) groups excluding carboxylic acids is 1. The van der Waals surface area contributed by atoms with Crippen LogP contribution in [-0.2, 0) is 4.79 Å². The lowest BCUT2D eigenvalue weighted by Crippen LogP contribution is -2.52. The number of alkyl halides is 3. The standard InChI is InChI=1S/C21H20F4N2O/c22-17-7-5-15(6-8-17)14-1-3-16(4-2-14)18-9-19(18)27(12-13-10-26-11-13)20(28)21(23,24)25/h1-8,13,18-19,26H,9-12H2. The summed E-state index contributed by atoms with van der Waals surface area (Å²) in [5, 5.41) is 3.03. The molecule has 1 saturated heterocycles. The predicted molar refractivity (Wildman–Crippen MR) is 97.1 cm³/mol. The number of hydrogen-bond donors (Lipinski definition) is 1. The molecule has 2 aromatic rings. The van der Waals surface area contributed by atoms with E-state index in [1.807, 2.05) is 24.3 Å². The van der Waals surface area contributed by atoms with Crippen LogP contribution >= 0.6 is 0 Å². The first-order valence-electron chi connectivity index (χ1n) is 9.27. The molecule has 1 amide bonds. The average molecular weight is 392 g/mol. The summed E-state index contributed by atoms with van der Waals surface area (Å²) in [5.41, 5.74) is 2.69. The molecule has 2 unspecified atom stereocenters. The van der Waals surface area contributed by atoms with Crippen LogP contribution in [0.5, 0.6) is 0 Å². The topological polar surface area (TPSA) is 32.3 Å². The molecular formula is C21H20F4N2O. The van der Waals surface area contributed by atoms with E-state index in [0.717, 1.165) is 21.6 Å². The maximum atomic E-state index is 13.1. The van der Waals surface area contributed by atoms with Gasteiger partial charge in [-0.15, -0.1) is 0 Å². The van der Waals surface area contributed by atoms with E-state index in [9.17, 15) is 22.4 Å². The molecule has 0 spiro atoms. The second kappa shape index (κ2) is 7.20. The summed E-state index contributed by atoms with van der Waals surface area (Å²) in [5.74, 6) is -2.05. The van der Waals surface area contributed by atoms with Crippen molar-refractivity contribution >= 4 is 5.91 Å². The van der Waals surface area contributed by atoms with Gasteiger partial charge < -0.3 is 10.2 Å². The van der Waals surface area contributed by atoms with E-state index in [4.69, 9.17) is 0 Å². The van der Waals surface area contributed by atoms with Crippen molar-refractivity contribution in [2.24, 2.45) is 5.92 Å². The number of nitrogens with zero attached hydrogens (tertiary/aromatic N) is 1. The van der Waals surface area contributed by atoms with Crippen molar-refractivity contribution < 1.29 is 22.4 Å². The molecule has 148 valence electrons. The molecule has 4 rings (SSSR count). The average Bonchev–Trinajstić information content (AvgIpc) is 3.41. The quantitative estimate of drug-likeness (QED) is 0.782. The Morgan fingerprint density at radius 3 is 2.07 bits per heavy atom. The van der Waals surface area contributed by atoms with E-state index in [2.05, 4.69) is 5.32 Å². The van der Waals surface area contributed by atoms with Crippen molar-refractivity contribution in [2.75, 3.05) is 19.6 Å². The highest BCUT2D eigenvalue weighted by molar-refractivity contribution is 5.82. The van der Waals surface area contributed by atoms with Crippen LogP contribution in [0.25, 0.3) is 11.1 Å². The fourth-order valence-corrected chi connectivity index (χ4v) is 3.74. The number of nitrogens with one attached hydrogen (secondary N) is 1. The second-order valence-electron chi connectivity index (χ2n) is 7.52. The summed E-state index contributed by atoms with van der Waals surface area (Å²) in [6.45, 7) is 1.43. The summed E-state index contributed by atoms with van der Waals surface area (Å²) >= 11 is 0. The normalized spacial score (nSPS) is 21.9. The van der Waals surface area contributed by atoms with Crippen molar-refractivity contribution in [1.29, 1.82) is 0 Å². The smallest absolute Gasteiger partial charge is 0.331 e. The van der Waals surface area contributed by atoms with Crippen LogP contribution in [-0.4, -0.2) is 42.7 Å². The molecule has 1 saturated carbocycles. The predicted octanol–water partition coefficient (Wildman–Crippen LogP) is 3.96. The SMILES string of the molecule is O=C(N(CC1CNC1)C1CC1c1ccc(-c2ccc(F)cc2)cc1)C(F)(F)F. The summed E-state index contributed by atoms with van der Waals surface area (Å²) in [6.07, 6.45) is -4.31. The monoisotopic (exact) mass is 392 g/mol. The van der Waals surface area contributed by atoms with Crippen LogP contribution in [0, 0.1) is 11.7 Å². The Morgan fingerprint density at radius 2 is 1.57 bits per heavy atom. The Morgan fingerprint density at radius 1 is 1.00 bits per heavy atom. The first-order chi connectivity index (χ1) is 13.3. The summed E-state index contributed by atoms with van der Waals surface area (Å²) in [6, 6.07) is 13.2. The third-order valence-electron chi connectivity index (χ3n) is 5.50. The number of halogens is 4. The lowest BCUT2D eigenvalue weighted by atomic mass is 10.0. The molecule has 1 aliphatic carbocycles. The van der Waals surface area contributed by atoms with Crippen molar-refractivity contribution in [1.82, 2.24) is 10.2 Å². The van der Waals surface area contributed by atoms with Crippen LogP contribution in [0.4, 0.5) is 17.6 Å². The van der Waals surface area contributed by atoms with E-state index in [0.29, 0.717) is 19.5 Å². The number of hydrogen-bond acceptors (Lipinski definition) is 2. The summed E-state index contributed by atoms with van der Waals surface area (Å²) in [7, 11) is 0. The molecule has 0 aromatic heterocycles. The Bertz CT molecular complexity index is 844. The first kappa shape index (κ1) is 18.9. The highest BCUT2D eigenvalue weighted by Crippen LogP contribution is 2.46. The van der Waals surface area contributed by atoms with Crippen molar-refractivity contribution in [3.8, 4) is 11.1 Å². The molecule has 1 heterocycles. The Balaban J connectivity index is 1.47. The van der Waals surface area contributed by atoms with Gasteiger partial charge in [0.05, 0.1) is 0 Å². The summed E-state index contributed by atoms with van der Waals surface area (Å²) < 4.78 is 52.1. The van der Waals surface area contributed by atoms with E-state index in [1.54, 1.807) is 12.1 Å². The number of rotatable bonds is 5. The third-order valence-corrected chi connectivity index (χ3v) is 5.50. The van der Waals surface area contributed by atoms with E-state index >= 15 is 0 Å². The minimum absolute atomic E-state index is 0.0772. The molecule has 1 N–H and O–H groups in total. The van der Waals surface area contributed by atoms with Gasteiger partial charge in [0.2, 0.25) is 0 Å². The van der Waals surface area contributed by atoms with E-state index < -0.39 is 18.1 Å². The minimum atomic E-state index is -4.85. The lowest BCUT2D eigenvalue weighted by molar-refractivity contribution is -0.187. The van der Waals surface area contributed by atoms with Crippen LogP contribution in [0.15, 0.2) is 48.5 Å². The van der Waals surface area contributed by atoms with Gasteiger partial charge in [0.25, 0.3) is 0 Å². The van der Waals surface area contributed by atoms with Gasteiger partial charge in [-0.3, -0.25) is 4.79 Å². The number of carbonyl (C=O) groups is 1. The van der Waals surface area contributed by atoms with Crippen molar-refractivity contribution in [2.45, 2.75) is 24.6 Å². The molecule has 0 bridgehead atoms. The van der Waals surface area contributed by atoms with Gasteiger partial charge in [-0.25, -0.2) is 4.39 Å². The van der Waals surface area contributed by atoms with Gasteiger partial charge >= 0.3 is 12.1 Å². The van der Waals surface area contributed by atoms with Gasteiger partial charge in [0.15, 0.2) is 0 Å². The maximum Gasteiger partial charge on any atom is 0.471 e. The number of amides is 1. The molecule has 28 heavy (non-hydrogen) atoms. The highest BCUT2D eigenvalue weighted by Gasteiger charge is 2.52. The zero-order valence-electron chi connectivity index (χ0n) is 15.0. The second-order valence-corrected chi connectivity index (χ2v) is 7.52. The van der Waals surface area contributed by atoms with E-state index in [-0.39, 0.29) is 24.2 Å². The van der Waals surface area contributed by atoms with Gasteiger partial charge in [0.1, 0.15) is 5.82 Å². The van der Waals surface area contributed by atoms with Gasteiger partial charge in [-0.2, -0.15) is 13.2 Å². The van der Waals surface area contributed by atoms with Crippen molar-refractivity contribution in [3.05, 3.63) is 59.9 Å². The molecule has 1 aliphatic heterocycles. The fourth-order valence-electron chi connectivity index (χ4n) is 3.74. The number of benzene rings is 2. The van der Waals surface area contributed by atoms with Gasteiger partial charge in [-0.1, -0.05) is 36.4 Å². The Labute approximate surface area is 160 Å². The third kappa shape index (κ3) is 3.90. The largest absolute Gasteiger partial charge is 0.471 e. The molecule has 2 atom stereocenters. The Kier molecular flexibility index (Phi) is 4.87. The minimum Gasteiger partial charge on any atom is -0.331 e. The first-order valence-corrected chi connectivity index (χ1v) is 9.27. The van der Waals surface area contributed by atoms with E-state index in [1.165, 1.54) is 12.1 Å². The fraction of sp³-hybridized carbons (Fsp3) is 0.381. The van der Waals surface area contributed by atoms with Crippen LogP contribution in [0.1, 0.15) is 17.9 Å². The highest BCUT2D eigenvalue weighted by atomic mass is 19.4. The Hall–Kier alpha value is -2.41. The molecule has 2 fully saturated rings. The van der Waals surface area contributed by atoms with Gasteiger partial charge in [0, 0.05) is 37.5 Å². The molecule has 7 heteroatoms. The molecule has 2 aliphatic rings. The van der Waals surface area contributed by atoms with Crippen LogP contribution < -0.4 is 5.32 Å². The molecule has 2 aromatic carbocycles. The molecule has 3 nitrogen and oxygen atoms in total. The molecule has 0 radical (unpaired) electrons. The zero-order valence-corrected chi connectivity index (χ0v) is 15.0. The lowest BCUT2D eigenvalue weighted by Gasteiger charge is -2.34. The zero-order chi connectivity index (χ0) is 19.9. The molecular weight excluding hydrogens is 372 g/mol. The van der Waals surface area contributed by atoms with Crippen LogP contribution in [0.2, 0.25) is 0 Å². The van der Waals surface area contributed by atoms with Crippen LogP contribution in [0.3, 0.4) is 0 Å². The van der Waals surface area contributed by atoms with Gasteiger partial charge in [-0.05, 0) is 35.2 Å².